The number of pyridine rings is 1. The molecule has 2 aliphatic heterocycles. The van der Waals surface area contributed by atoms with E-state index in [1.165, 1.54) is 0 Å². The van der Waals surface area contributed by atoms with Crippen molar-refractivity contribution in [2.24, 2.45) is 0 Å². The Morgan fingerprint density at radius 3 is 2.96 bits per heavy atom. The summed E-state index contributed by atoms with van der Waals surface area (Å²) in [5, 5.41) is 13.5. The molecule has 1 unspecified atom stereocenters. The van der Waals surface area contributed by atoms with E-state index in [-0.39, 0.29) is 24.0 Å². The van der Waals surface area contributed by atoms with Gasteiger partial charge < -0.3 is 21.1 Å². The Morgan fingerprint density at radius 1 is 1.33 bits per heavy atom. The van der Waals surface area contributed by atoms with Crippen LogP contribution in [0.3, 0.4) is 0 Å². The van der Waals surface area contributed by atoms with E-state index in [1.54, 1.807) is 6.20 Å². The maximum atomic E-state index is 10.1. The molecule has 3 atom stereocenters. The van der Waals surface area contributed by atoms with Crippen LogP contribution in [0.25, 0.3) is 0 Å². The summed E-state index contributed by atoms with van der Waals surface area (Å²) in [6, 6.07) is 4.10. The van der Waals surface area contributed by atoms with Gasteiger partial charge in [-0.15, -0.1) is 0 Å². The summed E-state index contributed by atoms with van der Waals surface area (Å²) in [4.78, 5) is 15.2. The molecular formula is C17H22N6O. The van der Waals surface area contributed by atoms with E-state index < -0.39 is 0 Å². The van der Waals surface area contributed by atoms with Crippen LogP contribution in [0, 0.1) is 0 Å². The van der Waals surface area contributed by atoms with E-state index >= 15 is 0 Å². The number of hydrogen-bond donors (Lipinski definition) is 3. The van der Waals surface area contributed by atoms with Gasteiger partial charge >= 0.3 is 0 Å². The van der Waals surface area contributed by atoms with Crippen LogP contribution in [0.15, 0.2) is 24.5 Å². The highest BCUT2D eigenvalue weighted by Gasteiger charge is 2.35. The molecule has 24 heavy (non-hydrogen) atoms. The first-order valence-corrected chi connectivity index (χ1v) is 8.41. The number of nitrogens with two attached hydrogens (primary N) is 1. The second kappa shape index (κ2) is 5.90. The van der Waals surface area contributed by atoms with Crippen molar-refractivity contribution in [1.82, 2.24) is 15.0 Å². The van der Waals surface area contributed by atoms with Crippen molar-refractivity contribution in [3.8, 4) is 0 Å². The molecule has 0 spiro atoms. The number of hydrogen-bond acceptors (Lipinski definition) is 7. The molecule has 126 valence electrons. The van der Waals surface area contributed by atoms with E-state index in [4.69, 9.17) is 5.73 Å². The van der Waals surface area contributed by atoms with Gasteiger partial charge in [0.25, 0.3) is 0 Å². The standard InChI is InChI=1S/C17H22N6O/c1-10(24)13-3-2-8-23(13)14-5-7-19-16-15(14)11(9-21-16)12-4-6-20-17(18)22-12/h4-7,10-11,13,24H,2-3,8-9H2,1H3,(H,19,21)(H2,18,20,22)/t10-,11?,13+/m1/s1. The highest BCUT2D eigenvalue weighted by molar-refractivity contribution is 5.70. The Labute approximate surface area is 140 Å². The number of aromatic nitrogens is 3. The van der Waals surface area contributed by atoms with Crippen LogP contribution in [-0.2, 0) is 0 Å². The summed E-state index contributed by atoms with van der Waals surface area (Å²) in [7, 11) is 0. The molecule has 7 nitrogen and oxygen atoms in total. The Morgan fingerprint density at radius 2 is 2.17 bits per heavy atom. The molecule has 7 heteroatoms. The van der Waals surface area contributed by atoms with Crippen molar-refractivity contribution < 1.29 is 5.11 Å². The molecule has 0 bridgehead atoms. The van der Waals surface area contributed by atoms with E-state index in [1.807, 2.05) is 25.3 Å². The molecule has 0 aliphatic carbocycles. The summed E-state index contributed by atoms with van der Waals surface area (Å²) in [5.41, 5.74) is 8.94. The monoisotopic (exact) mass is 326 g/mol. The summed E-state index contributed by atoms with van der Waals surface area (Å²) >= 11 is 0. The van der Waals surface area contributed by atoms with Gasteiger partial charge in [-0.1, -0.05) is 0 Å². The lowest BCUT2D eigenvalue weighted by atomic mass is 9.96. The molecule has 1 saturated heterocycles. The topological polar surface area (TPSA) is 100 Å². The quantitative estimate of drug-likeness (QED) is 0.783. The van der Waals surface area contributed by atoms with Crippen molar-refractivity contribution in [1.29, 1.82) is 0 Å². The second-order valence-corrected chi connectivity index (χ2v) is 6.51. The van der Waals surface area contributed by atoms with Gasteiger partial charge in [-0.05, 0) is 31.9 Å². The molecule has 0 saturated carbocycles. The van der Waals surface area contributed by atoms with Crippen LogP contribution in [0.1, 0.15) is 36.9 Å². The number of fused-ring (bicyclic) bond motifs is 1. The number of anilines is 3. The first-order chi connectivity index (χ1) is 11.6. The van der Waals surface area contributed by atoms with Gasteiger partial charge in [0.05, 0.1) is 17.8 Å². The van der Waals surface area contributed by atoms with Crippen molar-refractivity contribution in [2.45, 2.75) is 37.8 Å². The minimum Gasteiger partial charge on any atom is -0.391 e. The van der Waals surface area contributed by atoms with E-state index in [0.29, 0.717) is 0 Å². The van der Waals surface area contributed by atoms with Gasteiger partial charge in [-0.25, -0.2) is 15.0 Å². The average Bonchev–Trinajstić information content (AvgIpc) is 3.21. The van der Waals surface area contributed by atoms with Gasteiger partial charge in [-0.2, -0.15) is 0 Å². The maximum absolute atomic E-state index is 10.1. The predicted octanol–water partition coefficient (Wildman–Crippen LogP) is 1.36. The smallest absolute Gasteiger partial charge is 0.220 e. The number of aliphatic hydroxyl groups is 1. The molecule has 1 fully saturated rings. The van der Waals surface area contributed by atoms with E-state index in [2.05, 4.69) is 25.2 Å². The molecule has 4 heterocycles. The van der Waals surface area contributed by atoms with Crippen molar-refractivity contribution in [3.05, 3.63) is 35.8 Å². The van der Waals surface area contributed by atoms with Crippen LogP contribution in [0.5, 0.6) is 0 Å². The van der Waals surface area contributed by atoms with Crippen LogP contribution in [0.4, 0.5) is 17.5 Å². The minimum atomic E-state index is -0.362. The van der Waals surface area contributed by atoms with E-state index in [9.17, 15) is 5.11 Å². The Balaban J connectivity index is 1.78. The zero-order valence-corrected chi connectivity index (χ0v) is 13.7. The summed E-state index contributed by atoms with van der Waals surface area (Å²) < 4.78 is 0. The fraction of sp³-hybridized carbons (Fsp3) is 0.471. The number of rotatable bonds is 3. The molecule has 4 N–H and O–H groups in total. The average molecular weight is 326 g/mol. The Bertz CT molecular complexity index is 750. The van der Waals surface area contributed by atoms with Gasteiger partial charge in [0.15, 0.2) is 0 Å². The molecular weight excluding hydrogens is 304 g/mol. The largest absolute Gasteiger partial charge is 0.391 e. The third-order valence-electron chi connectivity index (χ3n) is 5.01. The molecule has 0 aromatic carbocycles. The van der Waals surface area contributed by atoms with Gasteiger partial charge in [0.1, 0.15) is 5.82 Å². The summed E-state index contributed by atoms with van der Waals surface area (Å²) in [6.07, 6.45) is 5.26. The lowest BCUT2D eigenvalue weighted by Crippen LogP contribution is -2.38. The van der Waals surface area contributed by atoms with Crippen molar-refractivity contribution in [3.63, 3.8) is 0 Å². The van der Waals surface area contributed by atoms with E-state index in [0.717, 1.165) is 48.7 Å². The predicted molar refractivity (Wildman–Crippen MR) is 93.1 cm³/mol. The number of nitrogens with one attached hydrogen (secondary N) is 1. The lowest BCUT2D eigenvalue weighted by Gasteiger charge is -2.31. The summed E-state index contributed by atoms with van der Waals surface area (Å²) in [6.45, 7) is 3.55. The molecule has 2 aromatic heterocycles. The van der Waals surface area contributed by atoms with Gasteiger partial charge in [0.2, 0.25) is 5.95 Å². The van der Waals surface area contributed by atoms with Crippen LogP contribution >= 0.6 is 0 Å². The highest BCUT2D eigenvalue weighted by Crippen LogP contribution is 2.42. The molecule has 0 amide bonds. The second-order valence-electron chi connectivity index (χ2n) is 6.51. The Kier molecular flexibility index (Phi) is 3.72. The number of aliphatic hydroxyl groups excluding tert-OH is 1. The zero-order chi connectivity index (χ0) is 16.7. The molecule has 0 radical (unpaired) electrons. The fourth-order valence-electron chi connectivity index (χ4n) is 3.93. The molecule has 2 aromatic rings. The van der Waals surface area contributed by atoms with Crippen molar-refractivity contribution >= 4 is 17.5 Å². The number of nitrogen functional groups attached to an aromatic ring is 1. The summed E-state index contributed by atoms with van der Waals surface area (Å²) in [5.74, 6) is 1.27. The van der Waals surface area contributed by atoms with Crippen LogP contribution in [0.2, 0.25) is 0 Å². The fourth-order valence-corrected chi connectivity index (χ4v) is 3.93. The van der Waals surface area contributed by atoms with Crippen LogP contribution in [-0.4, -0.2) is 45.3 Å². The normalized spacial score (nSPS) is 23.8. The zero-order valence-electron chi connectivity index (χ0n) is 13.7. The molecule has 4 rings (SSSR count). The maximum Gasteiger partial charge on any atom is 0.220 e. The third-order valence-corrected chi connectivity index (χ3v) is 5.01. The first kappa shape index (κ1) is 15.1. The van der Waals surface area contributed by atoms with Crippen molar-refractivity contribution in [2.75, 3.05) is 29.0 Å². The highest BCUT2D eigenvalue weighted by atomic mass is 16.3. The third kappa shape index (κ3) is 2.45. The van der Waals surface area contributed by atoms with Gasteiger partial charge in [-0.3, -0.25) is 0 Å². The van der Waals surface area contributed by atoms with Crippen LogP contribution < -0.4 is 16.0 Å². The Hall–Kier alpha value is -2.41. The first-order valence-electron chi connectivity index (χ1n) is 8.41. The lowest BCUT2D eigenvalue weighted by molar-refractivity contribution is 0.164. The van der Waals surface area contributed by atoms with Gasteiger partial charge in [0, 0.05) is 42.7 Å². The SMILES string of the molecule is C[C@@H](O)[C@@H]1CCCN1c1ccnc2c1C(c1ccnc(N)n1)CN2. The molecule has 2 aliphatic rings. The minimum absolute atomic E-state index is 0.0873. The number of nitrogens with zero attached hydrogens (tertiary/aromatic N) is 4.